The van der Waals surface area contributed by atoms with Gasteiger partial charge in [-0.2, -0.15) is 0 Å². The Balaban J connectivity index is 1.55. The van der Waals surface area contributed by atoms with Crippen LogP contribution in [0.15, 0.2) is 27.6 Å². The molecule has 2 fully saturated rings. The monoisotopic (exact) mass is 370 g/mol. The van der Waals surface area contributed by atoms with Crippen LogP contribution in [0.5, 0.6) is 0 Å². The second-order valence-electron chi connectivity index (χ2n) is 5.64. The quantitative estimate of drug-likeness (QED) is 0.802. The summed E-state index contributed by atoms with van der Waals surface area (Å²) in [5.41, 5.74) is -0.167. The Morgan fingerprint density at radius 3 is 2.59 bits per heavy atom. The number of carbonyl (C=O) groups excluding carboxylic acids is 1. The molecule has 0 spiro atoms. The lowest BCUT2D eigenvalue weighted by Gasteiger charge is -2.34. The Bertz CT molecular complexity index is 589. The molecule has 0 radical (unpaired) electrons. The molecule has 0 atom stereocenters. The molecule has 2 saturated heterocycles. The summed E-state index contributed by atoms with van der Waals surface area (Å²) < 4.78 is 13.3. The van der Waals surface area contributed by atoms with Gasteiger partial charge in [-0.05, 0) is 34.8 Å². The van der Waals surface area contributed by atoms with Crippen LogP contribution in [0.1, 0.15) is 12.8 Å². The maximum Gasteiger partial charge on any atom is 0.251 e. The van der Waals surface area contributed by atoms with E-state index < -0.39 is 0 Å². The molecule has 1 aromatic rings. The molecular formula is C15H19BrN2O4. The van der Waals surface area contributed by atoms with Crippen molar-refractivity contribution in [3.63, 3.8) is 0 Å². The SMILES string of the molecule is O=C(Cn1cc(Br)ccc1=O)N1CCC(C2OCCO2)CC1. The fourth-order valence-corrected chi connectivity index (χ4v) is 3.32. The van der Waals surface area contributed by atoms with E-state index in [9.17, 15) is 9.59 Å². The lowest BCUT2D eigenvalue weighted by molar-refractivity contribution is -0.137. The third-order valence-corrected chi connectivity index (χ3v) is 4.65. The normalized spacial score (nSPS) is 20.5. The van der Waals surface area contributed by atoms with Crippen molar-refractivity contribution >= 4 is 21.8 Å². The van der Waals surface area contributed by atoms with Crippen molar-refractivity contribution in [1.82, 2.24) is 9.47 Å². The lowest BCUT2D eigenvalue weighted by Crippen LogP contribution is -2.43. The second kappa shape index (κ2) is 6.93. The zero-order valence-corrected chi connectivity index (χ0v) is 13.8. The molecule has 1 amide bonds. The van der Waals surface area contributed by atoms with E-state index in [-0.39, 0.29) is 24.3 Å². The number of aromatic nitrogens is 1. The van der Waals surface area contributed by atoms with Crippen molar-refractivity contribution in [1.29, 1.82) is 0 Å². The minimum absolute atomic E-state index is 0.0214. The van der Waals surface area contributed by atoms with Crippen molar-refractivity contribution in [2.75, 3.05) is 26.3 Å². The number of pyridine rings is 1. The van der Waals surface area contributed by atoms with Crippen LogP contribution in [0.4, 0.5) is 0 Å². The van der Waals surface area contributed by atoms with Crippen LogP contribution in [0, 0.1) is 5.92 Å². The Kier molecular flexibility index (Phi) is 4.95. The topological polar surface area (TPSA) is 60.8 Å². The molecule has 0 saturated carbocycles. The van der Waals surface area contributed by atoms with Crippen LogP contribution in [0.2, 0.25) is 0 Å². The molecule has 6 nitrogen and oxygen atoms in total. The predicted molar refractivity (Wildman–Crippen MR) is 83.4 cm³/mol. The summed E-state index contributed by atoms with van der Waals surface area (Å²) in [5, 5.41) is 0. The second-order valence-corrected chi connectivity index (χ2v) is 6.56. The summed E-state index contributed by atoms with van der Waals surface area (Å²) >= 11 is 3.32. The van der Waals surface area contributed by atoms with Gasteiger partial charge in [0.2, 0.25) is 5.91 Å². The zero-order chi connectivity index (χ0) is 15.5. The van der Waals surface area contributed by atoms with Gasteiger partial charge in [0.15, 0.2) is 6.29 Å². The number of piperidine rings is 1. The van der Waals surface area contributed by atoms with Gasteiger partial charge >= 0.3 is 0 Å². The highest BCUT2D eigenvalue weighted by Gasteiger charge is 2.31. The van der Waals surface area contributed by atoms with Gasteiger partial charge < -0.3 is 18.9 Å². The summed E-state index contributed by atoms with van der Waals surface area (Å²) in [7, 11) is 0. The smallest absolute Gasteiger partial charge is 0.251 e. The Morgan fingerprint density at radius 1 is 1.23 bits per heavy atom. The van der Waals surface area contributed by atoms with Gasteiger partial charge in [-0.1, -0.05) is 0 Å². The maximum absolute atomic E-state index is 12.3. The number of ether oxygens (including phenoxy) is 2. The van der Waals surface area contributed by atoms with Crippen molar-refractivity contribution < 1.29 is 14.3 Å². The first-order valence-electron chi connectivity index (χ1n) is 7.50. The van der Waals surface area contributed by atoms with E-state index in [1.807, 2.05) is 4.90 Å². The molecule has 7 heteroatoms. The molecule has 3 heterocycles. The molecule has 0 N–H and O–H groups in total. The van der Waals surface area contributed by atoms with Gasteiger partial charge in [0.1, 0.15) is 6.54 Å². The number of nitrogens with zero attached hydrogens (tertiary/aromatic N) is 2. The fraction of sp³-hybridized carbons (Fsp3) is 0.600. The van der Waals surface area contributed by atoms with E-state index in [1.165, 1.54) is 10.6 Å². The first-order chi connectivity index (χ1) is 10.6. The fourth-order valence-electron chi connectivity index (χ4n) is 2.94. The lowest BCUT2D eigenvalue weighted by atomic mass is 9.96. The molecule has 120 valence electrons. The maximum atomic E-state index is 12.3. The number of carbonyl (C=O) groups is 1. The third-order valence-electron chi connectivity index (χ3n) is 4.18. The molecule has 3 rings (SSSR count). The van der Waals surface area contributed by atoms with Gasteiger partial charge in [0.05, 0.1) is 13.2 Å². The highest BCUT2D eigenvalue weighted by molar-refractivity contribution is 9.10. The summed E-state index contributed by atoms with van der Waals surface area (Å²) in [4.78, 5) is 25.9. The largest absolute Gasteiger partial charge is 0.350 e. The van der Waals surface area contributed by atoms with Crippen LogP contribution in [-0.2, 0) is 20.8 Å². The standard InChI is InChI=1S/C15H19BrN2O4/c16-12-1-2-13(19)18(9-12)10-14(20)17-5-3-11(4-6-17)15-21-7-8-22-15/h1-2,9,11,15H,3-8,10H2. The van der Waals surface area contributed by atoms with E-state index >= 15 is 0 Å². The summed E-state index contributed by atoms with van der Waals surface area (Å²) in [6.07, 6.45) is 3.30. The number of rotatable bonds is 3. The molecule has 0 unspecified atom stereocenters. The summed E-state index contributed by atoms with van der Waals surface area (Å²) in [6, 6.07) is 3.13. The Morgan fingerprint density at radius 2 is 1.91 bits per heavy atom. The molecular weight excluding hydrogens is 352 g/mol. The van der Waals surface area contributed by atoms with Gasteiger partial charge in [-0.25, -0.2) is 0 Å². The summed E-state index contributed by atoms with van der Waals surface area (Å²) in [6.45, 7) is 2.79. The molecule has 0 aliphatic carbocycles. The average Bonchev–Trinajstić information content (AvgIpc) is 3.05. The van der Waals surface area contributed by atoms with Crippen LogP contribution in [-0.4, -0.2) is 48.0 Å². The van der Waals surface area contributed by atoms with E-state index in [0.29, 0.717) is 32.2 Å². The number of hydrogen-bond donors (Lipinski definition) is 0. The minimum Gasteiger partial charge on any atom is -0.350 e. The number of amides is 1. The van der Waals surface area contributed by atoms with Crippen molar-refractivity contribution in [2.24, 2.45) is 5.92 Å². The van der Waals surface area contributed by atoms with Crippen molar-refractivity contribution in [2.45, 2.75) is 25.7 Å². The Labute approximate surface area is 137 Å². The number of likely N-dealkylation sites (tertiary alicyclic amines) is 1. The van der Waals surface area contributed by atoms with Crippen molar-refractivity contribution in [3.05, 3.63) is 33.2 Å². The van der Waals surface area contributed by atoms with Crippen LogP contribution >= 0.6 is 15.9 Å². The van der Waals surface area contributed by atoms with Gasteiger partial charge in [-0.15, -0.1) is 0 Å². The minimum atomic E-state index is -0.167. The molecule has 0 aromatic carbocycles. The van der Waals surface area contributed by atoms with Crippen molar-refractivity contribution in [3.8, 4) is 0 Å². The molecule has 1 aromatic heterocycles. The van der Waals surface area contributed by atoms with E-state index in [0.717, 1.165) is 17.3 Å². The first-order valence-corrected chi connectivity index (χ1v) is 8.30. The third kappa shape index (κ3) is 3.59. The molecule has 0 bridgehead atoms. The van der Waals surface area contributed by atoms with Gasteiger partial charge in [0, 0.05) is 35.7 Å². The van der Waals surface area contributed by atoms with E-state index in [4.69, 9.17) is 9.47 Å². The molecule has 22 heavy (non-hydrogen) atoms. The van der Waals surface area contributed by atoms with Gasteiger partial charge in [0.25, 0.3) is 5.56 Å². The molecule has 2 aliphatic heterocycles. The van der Waals surface area contributed by atoms with E-state index in [1.54, 1.807) is 12.3 Å². The molecule has 2 aliphatic rings. The highest BCUT2D eigenvalue weighted by atomic mass is 79.9. The first kappa shape index (κ1) is 15.7. The average molecular weight is 371 g/mol. The predicted octanol–water partition coefficient (Wildman–Crippen LogP) is 1.22. The van der Waals surface area contributed by atoms with Crippen LogP contribution in [0.3, 0.4) is 0 Å². The zero-order valence-electron chi connectivity index (χ0n) is 12.2. The Hall–Kier alpha value is -1.18. The highest BCUT2D eigenvalue weighted by Crippen LogP contribution is 2.25. The van der Waals surface area contributed by atoms with Crippen LogP contribution in [0.25, 0.3) is 0 Å². The number of halogens is 1. The van der Waals surface area contributed by atoms with Crippen LogP contribution < -0.4 is 5.56 Å². The number of hydrogen-bond acceptors (Lipinski definition) is 4. The van der Waals surface area contributed by atoms with Gasteiger partial charge in [-0.3, -0.25) is 9.59 Å². The summed E-state index contributed by atoms with van der Waals surface area (Å²) in [5.74, 6) is 0.340. The van der Waals surface area contributed by atoms with E-state index in [2.05, 4.69) is 15.9 Å².